The van der Waals surface area contributed by atoms with E-state index in [0.29, 0.717) is 38.3 Å². The van der Waals surface area contributed by atoms with Gasteiger partial charge in [-0.15, -0.1) is 0 Å². The second-order valence-corrected chi connectivity index (χ2v) is 10.5. The molecule has 1 aliphatic heterocycles. The van der Waals surface area contributed by atoms with E-state index in [1.807, 2.05) is 56.3 Å². The van der Waals surface area contributed by atoms with Crippen molar-refractivity contribution >= 4 is 23.8 Å². The van der Waals surface area contributed by atoms with E-state index in [1.165, 1.54) is 5.01 Å². The molecule has 1 aliphatic rings. The molecule has 3 amide bonds. The minimum Gasteiger partial charge on any atom is -0.445 e. The Morgan fingerprint density at radius 2 is 1.57 bits per heavy atom. The van der Waals surface area contributed by atoms with E-state index in [0.717, 1.165) is 11.3 Å². The lowest BCUT2D eigenvalue weighted by molar-refractivity contribution is 0.0107. The molecule has 1 saturated heterocycles. The molecule has 2 aromatic rings. The molecular weight excluding hydrogens is 472 g/mol. The van der Waals surface area contributed by atoms with E-state index in [-0.39, 0.29) is 24.5 Å². The number of nitrogens with one attached hydrogen (secondary N) is 1. The predicted molar refractivity (Wildman–Crippen MR) is 142 cm³/mol. The summed E-state index contributed by atoms with van der Waals surface area (Å²) in [4.78, 5) is 41.7. The van der Waals surface area contributed by atoms with Crippen LogP contribution in [0, 0.1) is 5.92 Å². The van der Waals surface area contributed by atoms with Gasteiger partial charge >= 0.3 is 12.2 Å². The lowest BCUT2D eigenvalue weighted by Crippen LogP contribution is -2.49. The Kier molecular flexibility index (Phi) is 9.38. The molecule has 1 fully saturated rings. The first kappa shape index (κ1) is 27.8. The Morgan fingerprint density at radius 1 is 0.946 bits per heavy atom. The Morgan fingerprint density at radius 3 is 2.14 bits per heavy atom. The Labute approximate surface area is 219 Å². The van der Waals surface area contributed by atoms with Gasteiger partial charge in [0.15, 0.2) is 0 Å². The van der Waals surface area contributed by atoms with Gasteiger partial charge in [0.05, 0.1) is 0 Å². The zero-order valence-corrected chi connectivity index (χ0v) is 22.4. The minimum absolute atomic E-state index is 0.143. The summed E-state index contributed by atoms with van der Waals surface area (Å²) in [5.74, 6) is -0.242. The number of benzene rings is 2. The fourth-order valence-corrected chi connectivity index (χ4v) is 3.82. The highest BCUT2D eigenvalue weighted by atomic mass is 16.6. The number of anilines is 1. The SMILES string of the molecule is CC(C)CN(NC(=O)c1ccc(N2CCN(C(=O)OCc3ccccc3)CC2)cc1)C(=O)OC(C)(C)C. The second-order valence-electron chi connectivity index (χ2n) is 10.5. The van der Waals surface area contributed by atoms with Crippen LogP contribution in [0.4, 0.5) is 15.3 Å². The molecule has 3 rings (SSSR count). The average Bonchev–Trinajstić information content (AvgIpc) is 2.86. The van der Waals surface area contributed by atoms with E-state index < -0.39 is 11.7 Å². The number of hydrogen-bond donors (Lipinski definition) is 1. The van der Waals surface area contributed by atoms with Crippen LogP contribution in [-0.4, -0.2) is 66.3 Å². The summed E-state index contributed by atoms with van der Waals surface area (Å²) in [6.07, 6.45) is -0.905. The first-order valence-electron chi connectivity index (χ1n) is 12.6. The van der Waals surface area contributed by atoms with Crippen molar-refractivity contribution in [3.05, 3.63) is 65.7 Å². The van der Waals surface area contributed by atoms with Crippen molar-refractivity contribution in [2.75, 3.05) is 37.6 Å². The molecule has 37 heavy (non-hydrogen) atoms. The molecule has 0 unspecified atom stereocenters. The number of hydrazine groups is 1. The molecule has 0 spiro atoms. The molecule has 9 heteroatoms. The highest BCUT2D eigenvalue weighted by molar-refractivity contribution is 5.95. The topological polar surface area (TPSA) is 91.4 Å². The lowest BCUT2D eigenvalue weighted by Gasteiger charge is -2.35. The van der Waals surface area contributed by atoms with Crippen molar-refractivity contribution in [2.45, 2.75) is 46.8 Å². The van der Waals surface area contributed by atoms with Gasteiger partial charge in [0.2, 0.25) is 0 Å². The quantitative estimate of drug-likeness (QED) is 0.568. The normalized spacial score (nSPS) is 13.8. The summed E-state index contributed by atoms with van der Waals surface area (Å²) in [6, 6.07) is 16.8. The van der Waals surface area contributed by atoms with Gasteiger partial charge in [-0.2, -0.15) is 0 Å². The highest BCUT2D eigenvalue weighted by Gasteiger charge is 2.25. The Balaban J connectivity index is 1.52. The third kappa shape index (κ3) is 8.70. The predicted octanol–water partition coefficient (Wildman–Crippen LogP) is 4.68. The molecule has 0 radical (unpaired) electrons. The largest absolute Gasteiger partial charge is 0.445 e. The standard InChI is InChI=1S/C28H38N4O5/c1-21(2)19-32(27(35)37-28(3,4)5)29-25(33)23-11-13-24(14-12-23)30-15-17-31(18-16-30)26(34)36-20-22-9-7-6-8-10-22/h6-14,21H,15-20H2,1-5H3,(H,29,33). The molecule has 0 aliphatic carbocycles. The van der Waals surface area contributed by atoms with Gasteiger partial charge in [-0.3, -0.25) is 10.2 Å². The first-order valence-corrected chi connectivity index (χ1v) is 12.6. The van der Waals surface area contributed by atoms with Crippen molar-refractivity contribution in [1.82, 2.24) is 15.3 Å². The van der Waals surface area contributed by atoms with Crippen LogP contribution in [-0.2, 0) is 16.1 Å². The fraction of sp³-hybridized carbons (Fsp3) is 0.464. The molecule has 1 N–H and O–H groups in total. The third-order valence-electron chi connectivity index (χ3n) is 5.64. The van der Waals surface area contributed by atoms with Crippen LogP contribution in [0.3, 0.4) is 0 Å². The third-order valence-corrected chi connectivity index (χ3v) is 5.64. The van der Waals surface area contributed by atoms with E-state index in [4.69, 9.17) is 9.47 Å². The van der Waals surface area contributed by atoms with E-state index in [2.05, 4.69) is 10.3 Å². The zero-order valence-electron chi connectivity index (χ0n) is 22.4. The average molecular weight is 511 g/mol. The fourth-order valence-electron chi connectivity index (χ4n) is 3.82. The maximum absolute atomic E-state index is 12.8. The van der Waals surface area contributed by atoms with Crippen molar-refractivity contribution in [1.29, 1.82) is 0 Å². The smallest absolute Gasteiger partial charge is 0.429 e. The van der Waals surface area contributed by atoms with Crippen molar-refractivity contribution in [2.24, 2.45) is 5.92 Å². The number of amides is 3. The van der Waals surface area contributed by atoms with Gasteiger partial charge in [-0.1, -0.05) is 44.2 Å². The first-order chi connectivity index (χ1) is 17.5. The van der Waals surface area contributed by atoms with E-state index in [1.54, 1.807) is 37.8 Å². The molecule has 2 aromatic carbocycles. The molecule has 0 saturated carbocycles. The van der Waals surface area contributed by atoms with Crippen LogP contribution < -0.4 is 10.3 Å². The number of nitrogens with zero attached hydrogens (tertiary/aromatic N) is 3. The number of piperazine rings is 1. The molecule has 0 aromatic heterocycles. The Hall–Kier alpha value is -3.75. The van der Waals surface area contributed by atoms with Gasteiger partial charge in [-0.05, 0) is 56.5 Å². The molecular formula is C28H38N4O5. The summed E-state index contributed by atoms with van der Waals surface area (Å²) < 4.78 is 10.9. The zero-order chi connectivity index (χ0) is 27.0. The van der Waals surface area contributed by atoms with Crippen LogP contribution in [0.5, 0.6) is 0 Å². The molecule has 0 bridgehead atoms. The second kappa shape index (κ2) is 12.5. The monoisotopic (exact) mass is 510 g/mol. The van der Waals surface area contributed by atoms with Crippen molar-refractivity contribution < 1.29 is 23.9 Å². The molecule has 1 heterocycles. The summed E-state index contributed by atoms with van der Waals surface area (Å²) in [7, 11) is 0. The maximum Gasteiger partial charge on any atom is 0.429 e. The van der Waals surface area contributed by atoms with Gasteiger partial charge in [0.1, 0.15) is 12.2 Å². The van der Waals surface area contributed by atoms with Crippen molar-refractivity contribution in [3.8, 4) is 0 Å². The van der Waals surface area contributed by atoms with Gasteiger partial charge in [-0.25, -0.2) is 14.6 Å². The van der Waals surface area contributed by atoms with Gasteiger partial charge in [0, 0.05) is 44.0 Å². The summed E-state index contributed by atoms with van der Waals surface area (Å²) >= 11 is 0. The number of carbonyl (C=O) groups is 3. The van der Waals surface area contributed by atoms with Crippen LogP contribution in [0.1, 0.15) is 50.5 Å². The lowest BCUT2D eigenvalue weighted by atomic mass is 10.1. The summed E-state index contributed by atoms with van der Waals surface area (Å²) in [5, 5.41) is 1.22. The maximum atomic E-state index is 12.8. The number of hydrogen-bond acceptors (Lipinski definition) is 6. The molecule has 200 valence electrons. The van der Waals surface area contributed by atoms with Crippen LogP contribution >= 0.6 is 0 Å². The number of carbonyl (C=O) groups excluding carboxylic acids is 3. The van der Waals surface area contributed by atoms with Crippen LogP contribution in [0.2, 0.25) is 0 Å². The Bertz CT molecular complexity index is 1040. The molecule has 9 nitrogen and oxygen atoms in total. The highest BCUT2D eigenvalue weighted by Crippen LogP contribution is 2.18. The van der Waals surface area contributed by atoms with Crippen LogP contribution in [0.15, 0.2) is 54.6 Å². The van der Waals surface area contributed by atoms with Gasteiger partial charge in [0.25, 0.3) is 5.91 Å². The van der Waals surface area contributed by atoms with Crippen molar-refractivity contribution in [3.63, 3.8) is 0 Å². The van der Waals surface area contributed by atoms with E-state index in [9.17, 15) is 14.4 Å². The summed E-state index contributed by atoms with van der Waals surface area (Å²) in [6.45, 7) is 12.3. The molecule has 0 atom stereocenters. The summed E-state index contributed by atoms with van der Waals surface area (Å²) in [5.41, 5.74) is 4.36. The van der Waals surface area contributed by atoms with Gasteiger partial charge < -0.3 is 19.3 Å². The minimum atomic E-state index is -0.665. The van der Waals surface area contributed by atoms with E-state index >= 15 is 0 Å². The number of rotatable bonds is 6. The van der Waals surface area contributed by atoms with Crippen LogP contribution in [0.25, 0.3) is 0 Å². The number of ether oxygens (including phenoxy) is 2.